The van der Waals surface area contributed by atoms with Crippen molar-refractivity contribution in [1.29, 1.82) is 0 Å². The fourth-order valence-corrected chi connectivity index (χ4v) is 3.99. The molecule has 29 heavy (non-hydrogen) atoms. The Labute approximate surface area is 172 Å². The maximum Gasteiger partial charge on any atom is 0.230 e. The van der Waals surface area contributed by atoms with Crippen LogP contribution < -0.4 is 5.32 Å². The van der Waals surface area contributed by atoms with Crippen LogP contribution in [-0.4, -0.2) is 45.7 Å². The van der Waals surface area contributed by atoms with Gasteiger partial charge in [0.15, 0.2) is 11.0 Å². The van der Waals surface area contributed by atoms with Crippen LogP contribution in [0.3, 0.4) is 0 Å². The molecule has 150 valence electrons. The van der Waals surface area contributed by atoms with E-state index in [0.29, 0.717) is 23.1 Å². The van der Waals surface area contributed by atoms with Crippen LogP contribution in [0.2, 0.25) is 0 Å². The van der Waals surface area contributed by atoms with Crippen molar-refractivity contribution in [3.05, 3.63) is 60.4 Å². The summed E-state index contributed by atoms with van der Waals surface area (Å²) in [5.41, 5.74) is 1.16. The smallest absolute Gasteiger partial charge is 0.230 e. The van der Waals surface area contributed by atoms with Crippen LogP contribution in [0, 0.1) is 5.82 Å². The number of thioether (sulfide) groups is 1. The zero-order valence-electron chi connectivity index (χ0n) is 15.8. The molecule has 0 saturated carbocycles. The number of benzene rings is 2. The van der Waals surface area contributed by atoms with Crippen molar-refractivity contribution in [2.45, 2.75) is 24.1 Å². The minimum atomic E-state index is -0.372. The second kappa shape index (κ2) is 9.19. The predicted molar refractivity (Wildman–Crippen MR) is 109 cm³/mol. The summed E-state index contributed by atoms with van der Waals surface area (Å²) in [5.74, 6) is 0.120. The molecule has 0 unspecified atom stereocenters. The molecule has 1 aromatic heterocycles. The fourth-order valence-electron chi connectivity index (χ4n) is 3.20. The second-order valence-electron chi connectivity index (χ2n) is 6.68. The minimum absolute atomic E-state index is 0.0967. The maximum absolute atomic E-state index is 14.4. The molecule has 1 saturated heterocycles. The molecule has 1 atom stereocenters. The van der Waals surface area contributed by atoms with Crippen LogP contribution in [0.25, 0.3) is 17.1 Å². The third-order valence-electron chi connectivity index (χ3n) is 4.65. The summed E-state index contributed by atoms with van der Waals surface area (Å²) in [6.45, 7) is 1.28. The average molecular weight is 412 g/mol. The van der Waals surface area contributed by atoms with E-state index >= 15 is 0 Å². The summed E-state index contributed by atoms with van der Waals surface area (Å²) in [4.78, 5) is 12.2. The molecule has 1 aliphatic heterocycles. The van der Waals surface area contributed by atoms with Crippen molar-refractivity contribution in [3.8, 4) is 17.1 Å². The van der Waals surface area contributed by atoms with Gasteiger partial charge in [0.2, 0.25) is 5.91 Å². The van der Waals surface area contributed by atoms with E-state index in [9.17, 15) is 9.18 Å². The van der Waals surface area contributed by atoms with Crippen LogP contribution >= 0.6 is 11.8 Å². The number of para-hydroxylation sites is 1. The lowest BCUT2D eigenvalue weighted by molar-refractivity contribution is -0.119. The van der Waals surface area contributed by atoms with Crippen LogP contribution in [0.1, 0.15) is 12.8 Å². The first kappa shape index (κ1) is 19.6. The van der Waals surface area contributed by atoms with E-state index in [0.717, 1.165) is 25.1 Å². The van der Waals surface area contributed by atoms with Gasteiger partial charge in [-0.15, -0.1) is 10.2 Å². The van der Waals surface area contributed by atoms with Crippen LogP contribution in [0.15, 0.2) is 59.8 Å². The molecular formula is C21H21FN4O2S. The first-order chi connectivity index (χ1) is 14.2. The lowest BCUT2D eigenvalue weighted by Crippen LogP contribution is -2.32. The summed E-state index contributed by atoms with van der Waals surface area (Å²) in [5, 5.41) is 11.9. The zero-order valence-corrected chi connectivity index (χ0v) is 16.6. The molecule has 0 bridgehead atoms. The molecule has 1 fully saturated rings. The number of nitrogens with one attached hydrogen (secondary N) is 1. The van der Waals surface area contributed by atoms with Gasteiger partial charge in [-0.25, -0.2) is 4.39 Å². The first-order valence-electron chi connectivity index (χ1n) is 9.49. The highest BCUT2D eigenvalue weighted by atomic mass is 32.2. The van der Waals surface area contributed by atoms with E-state index in [2.05, 4.69) is 15.5 Å². The largest absolute Gasteiger partial charge is 0.376 e. The molecule has 0 aliphatic carbocycles. The monoisotopic (exact) mass is 412 g/mol. The highest BCUT2D eigenvalue weighted by molar-refractivity contribution is 7.99. The van der Waals surface area contributed by atoms with Gasteiger partial charge in [-0.05, 0) is 37.1 Å². The number of rotatable bonds is 7. The van der Waals surface area contributed by atoms with Gasteiger partial charge in [0.1, 0.15) is 5.82 Å². The molecule has 0 spiro atoms. The second-order valence-corrected chi connectivity index (χ2v) is 7.63. The number of amides is 1. The lowest BCUT2D eigenvalue weighted by Gasteiger charge is -2.12. The topological polar surface area (TPSA) is 69.0 Å². The Kier molecular flexibility index (Phi) is 6.21. The van der Waals surface area contributed by atoms with Crippen molar-refractivity contribution in [2.24, 2.45) is 0 Å². The number of halogens is 1. The Morgan fingerprint density at radius 1 is 1.17 bits per heavy atom. The Bertz CT molecular complexity index is 974. The van der Waals surface area contributed by atoms with Crippen molar-refractivity contribution >= 4 is 17.7 Å². The summed E-state index contributed by atoms with van der Waals surface area (Å²) in [7, 11) is 0. The average Bonchev–Trinajstić information content (AvgIpc) is 3.41. The molecule has 6 nitrogen and oxygen atoms in total. The Morgan fingerprint density at radius 3 is 2.72 bits per heavy atom. The summed E-state index contributed by atoms with van der Waals surface area (Å²) < 4.78 is 21.7. The van der Waals surface area contributed by atoms with E-state index in [1.54, 1.807) is 22.8 Å². The van der Waals surface area contributed by atoms with E-state index in [4.69, 9.17) is 4.74 Å². The highest BCUT2D eigenvalue weighted by Crippen LogP contribution is 2.29. The molecule has 2 heterocycles. The zero-order chi connectivity index (χ0) is 20.1. The van der Waals surface area contributed by atoms with Crippen LogP contribution in [-0.2, 0) is 9.53 Å². The standard InChI is InChI=1S/C21H21FN4O2S/c22-18-11-5-4-10-17(18)20-24-25-21(26(20)15-7-2-1-3-8-15)29-14-19(27)23-13-16-9-6-12-28-16/h1-5,7-8,10-11,16H,6,9,12-14H2,(H,23,27)/t16-/m0/s1. The normalized spacial score (nSPS) is 16.1. The number of hydrogen-bond donors (Lipinski definition) is 1. The number of hydrogen-bond acceptors (Lipinski definition) is 5. The quantitative estimate of drug-likeness (QED) is 0.602. The number of carbonyl (C=O) groups excluding carboxylic acids is 1. The molecular weight excluding hydrogens is 391 g/mol. The van der Waals surface area contributed by atoms with E-state index in [-0.39, 0.29) is 23.6 Å². The fraction of sp³-hybridized carbons (Fsp3) is 0.286. The number of nitrogens with zero attached hydrogens (tertiary/aromatic N) is 3. The first-order valence-corrected chi connectivity index (χ1v) is 10.5. The molecule has 0 radical (unpaired) electrons. The highest BCUT2D eigenvalue weighted by Gasteiger charge is 2.20. The van der Waals surface area contributed by atoms with Gasteiger partial charge < -0.3 is 10.1 Å². The van der Waals surface area contributed by atoms with Gasteiger partial charge in [-0.3, -0.25) is 9.36 Å². The molecule has 1 N–H and O–H groups in total. The summed E-state index contributed by atoms with van der Waals surface area (Å²) in [6, 6.07) is 15.9. The van der Waals surface area contributed by atoms with Crippen molar-refractivity contribution < 1.29 is 13.9 Å². The van der Waals surface area contributed by atoms with Crippen molar-refractivity contribution in [2.75, 3.05) is 18.9 Å². The van der Waals surface area contributed by atoms with Crippen LogP contribution in [0.5, 0.6) is 0 Å². The van der Waals surface area contributed by atoms with Gasteiger partial charge in [0.05, 0.1) is 17.4 Å². The predicted octanol–water partition coefficient (Wildman–Crippen LogP) is 3.46. The minimum Gasteiger partial charge on any atom is -0.376 e. The third kappa shape index (κ3) is 4.65. The van der Waals surface area contributed by atoms with E-state index in [1.165, 1.54) is 17.8 Å². The summed E-state index contributed by atoms with van der Waals surface area (Å²) in [6.07, 6.45) is 2.11. The molecule has 1 aliphatic rings. The van der Waals surface area contributed by atoms with Crippen molar-refractivity contribution in [1.82, 2.24) is 20.1 Å². The van der Waals surface area contributed by atoms with Gasteiger partial charge in [0.25, 0.3) is 0 Å². The molecule has 4 rings (SSSR count). The van der Waals surface area contributed by atoms with Gasteiger partial charge in [-0.2, -0.15) is 0 Å². The van der Waals surface area contributed by atoms with E-state index in [1.807, 2.05) is 30.3 Å². The maximum atomic E-state index is 14.4. The molecule has 2 aromatic carbocycles. The number of carbonyl (C=O) groups is 1. The van der Waals surface area contributed by atoms with Crippen LogP contribution in [0.4, 0.5) is 4.39 Å². The van der Waals surface area contributed by atoms with Crippen molar-refractivity contribution in [3.63, 3.8) is 0 Å². The SMILES string of the molecule is O=C(CSc1nnc(-c2ccccc2F)n1-c1ccccc1)NC[C@@H]1CCCO1. The molecule has 1 amide bonds. The molecule has 8 heteroatoms. The Morgan fingerprint density at radius 2 is 1.97 bits per heavy atom. The number of aromatic nitrogens is 3. The van der Waals surface area contributed by atoms with Gasteiger partial charge >= 0.3 is 0 Å². The van der Waals surface area contributed by atoms with Gasteiger partial charge in [0, 0.05) is 18.8 Å². The summed E-state index contributed by atoms with van der Waals surface area (Å²) >= 11 is 1.27. The van der Waals surface area contributed by atoms with E-state index < -0.39 is 0 Å². The number of ether oxygens (including phenoxy) is 1. The molecule has 3 aromatic rings. The Balaban J connectivity index is 1.54. The Hall–Kier alpha value is -2.71. The van der Waals surface area contributed by atoms with Gasteiger partial charge in [-0.1, -0.05) is 42.1 Å². The lowest BCUT2D eigenvalue weighted by atomic mass is 10.2. The third-order valence-corrected chi connectivity index (χ3v) is 5.57.